The Morgan fingerprint density at radius 1 is 1.22 bits per heavy atom. The zero-order chi connectivity index (χ0) is 25.9. The molecule has 0 radical (unpaired) electrons. The number of H-pyrrole nitrogens is 1. The van der Waals surface area contributed by atoms with Crippen LogP contribution in [0, 0.1) is 5.92 Å². The lowest BCUT2D eigenvalue weighted by Gasteiger charge is -2.42. The number of nitrogens with one attached hydrogen (secondary N) is 2. The van der Waals surface area contributed by atoms with Gasteiger partial charge in [-0.15, -0.1) is 0 Å². The van der Waals surface area contributed by atoms with Crippen molar-refractivity contribution in [2.24, 2.45) is 5.92 Å². The number of aromatic nitrogens is 1. The molecular formula is C27H28F2N4O4. The number of aromatic hydroxyl groups is 1. The summed E-state index contributed by atoms with van der Waals surface area (Å²) in [5.74, 6) is 0.439. The van der Waals surface area contributed by atoms with Crippen LogP contribution in [0.5, 0.6) is 11.5 Å². The molecule has 1 saturated heterocycles. The van der Waals surface area contributed by atoms with E-state index in [1.807, 2.05) is 0 Å². The Morgan fingerprint density at radius 3 is 2.76 bits per heavy atom. The van der Waals surface area contributed by atoms with E-state index < -0.39 is 18.2 Å². The molecule has 194 valence electrons. The van der Waals surface area contributed by atoms with Crippen LogP contribution in [-0.2, 0) is 11.2 Å². The van der Waals surface area contributed by atoms with Crippen molar-refractivity contribution < 1.29 is 28.2 Å². The lowest BCUT2D eigenvalue weighted by atomic mass is 9.81. The Hall–Kier alpha value is -3.66. The van der Waals surface area contributed by atoms with Gasteiger partial charge in [0.15, 0.2) is 0 Å². The van der Waals surface area contributed by atoms with Gasteiger partial charge in [-0.3, -0.25) is 14.6 Å². The number of aromatic amines is 1. The Labute approximate surface area is 212 Å². The first kappa shape index (κ1) is 23.7. The van der Waals surface area contributed by atoms with E-state index in [9.17, 15) is 23.5 Å². The smallest absolute Gasteiger partial charge is 0.387 e. The van der Waals surface area contributed by atoms with Crippen molar-refractivity contribution in [3.8, 4) is 11.5 Å². The van der Waals surface area contributed by atoms with Crippen molar-refractivity contribution in [2.45, 2.75) is 44.4 Å². The normalized spacial score (nSPS) is 23.2. The van der Waals surface area contributed by atoms with E-state index in [-0.39, 0.29) is 36.4 Å². The summed E-state index contributed by atoms with van der Waals surface area (Å²) in [7, 11) is 0. The van der Waals surface area contributed by atoms with Crippen molar-refractivity contribution in [2.75, 3.05) is 19.6 Å². The molecule has 2 aliphatic heterocycles. The zero-order valence-electron chi connectivity index (χ0n) is 20.3. The first-order valence-electron chi connectivity index (χ1n) is 12.5. The fraction of sp³-hybridized carbons (Fsp3) is 0.407. The van der Waals surface area contributed by atoms with Crippen molar-refractivity contribution >= 4 is 22.8 Å². The van der Waals surface area contributed by atoms with Crippen molar-refractivity contribution in [1.82, 2.24) is 20.1 Å². The van der Waals surface area contributed by atoms with Crippen molar-refractivity contribution in [3.63, 3.8) is 0 Å². The topological polar surface area (TPSA) is 97.9 Å². The molecule has 3 N–H and O–H groups in total. The number of imide groups is 1. The minimum atomic E-state index is -2.96. The number of phenolic OH excluding ortho intramolecular Hbond substituents is 1. The van der Waals surface area contributed by atoms with E-state index >= 15 is 0 Å². The zero-order valence-corrected chi connectivity index (χ0v) is 20.3. The molecule has 3 heterocycles. The molecule has 37 heavy (non-hydrogen) atoms. The molecule has 1 aromatic heterocycles. The Bertz CT molecular complexity index is 1390. The van der Waals surface area contributed by atoms with Gasteiger partial charge in [-0.2, -0.15) is 8.78 Å². The fourth-order valence-electron chi connectivity index (χ4n) is 5.73. The number of rotatable bonds is 8. The van der Waals surface area contributed by atoms with Gasteiger partial charge in [0.2, 0.25) is 0 Å². The maximum Gasteiger partial charge on any atom is 0.387 e. The SMILES string of the molecule is CC12Cc3c([nH]c4ccc(OC(F)F)cc34)C(c3cccc(O)c3)N1C(=O)N(CCNCC1CC1)C2=O. The number of benzene rings is 2. The highest BCUT2D eigenvalue weighted by molar-refractivity contribution is 6.08. The first-order chi connectivity index (χ1) is 17.8. The number of hydrogen-bond acceptors (Lipinski definition) is 5. The van der Waals surface area contributed by atoms with Gasteiger partial charge in [-0.25, -0.2) is 4.79 Å². The van der Waals surface area contributed by atoms with Gasteiger partial charge in [0.25, 0.3) is 5.91 Å². The number of urea groups is 1. The minimum Gasteiger partial charge on any atom is -0.508 e. The predicted octanol–water partition coefficient (Wildman–Crippen LogP) is 4.14. The van der Waals surface area contributed by atoms with Crippen LogP contribution in [0.3, 0.4) is 0 Å². The molecule has 6 rings (SSSR count). The number of ether oxygens (including phenoxy) is 1. The number of alkyl halides is 2. The van der Waals surface area contributed by atoms with Crippen LogP contribution in [0.15, 0.2) is 42.5 Å². The molecule has 0 spiro atoms. The molecule has 8 nitrogen and oxygen atoms in total. The molecule has 3 amide bonds. The number of carbonyl (C=O) groups is 2. The van der Waals surface area contributed by atoms with Gasteiger partial charge in [0, 0.05) is 36.1 Å². The number of carbonyl (C=O) groups excluding carboxylic acids is 2. The van der Waals surface area contributed by atoms with Crippen LogP contribution in [0.1, 0.15) is 42.6 Å². The lowest BCUT2D eigenvalue weighted by Crippen LogP contribution is -2.53. The average molecular weight is 511 g/mol. The van der Waals surface area contributed by atoms with Crippen molar-refractivity contribution in [3.05, 3.63) is 59.3 Å². The predicted molar refractivity (Wildman–Crippen MR) is 132 cm³/mol. The van der Waals surface area contributed by atoms with E-state index in [2.05, 4.69) is 15.0 Å². The lowest BCUT2D eigenvalue weighted by molar-refractivity contribution is -0.133. The van der Waals surface area contributed by atoms with Gasteiger partial charge in [0.1, 0.15) is 23.1 Å². The summed E-state index contributed by atoms with van der Waals surface area (Å²) in [4.78, 5) is 33.8. The van der Waals surface area contributed by atoms with Gasteiger partial charge < -0.3 is 20.1 Å². The highest BCUT2D eigenvalue weighted by Crippen LogP contribution is 2.49. The number of hydrogen-bond donors (Lipinski definition) is 3. The van der Waals surface area contributed by atoms with Crippen LogP contribution in [0.4, 0.5) is 13.6 Å². The van der Waals surface area contributed by atoms with Gasteiger partial charge in [-0.05, 0) is 73.7 Å². The second-order valence-corrected chi connectivity index (χ2v) is 10.3. The van der Waals surface area contributed by atoms with Crippen LogP contribution in [-0.4, -0.2) is 63.6 Å². The number of amides is 3. The summed E-state index contributed by atoms with van der Waals surface area (Å²) < 4.78 is 30.4. The van der Waals surface area contributed by atoms with E-state index in [1.165, 1.54) is 29.9 Å². The highest BCUT2D eigenvalue weighted by atomic mass is 19.3. The van der Waals surface area contributed by atoms with Crippen LogP contribution in [0.2, 0.25) is 0 Å². The summed E-state index contributed by atoms with van der Waals surface area (Å²) in [5, 5.41) is 14.2. The minimum absolute atomic E-state index is 0.0166. The van der Waals surface area contributed by atoms with E-state index in [0.29, 0.717) is 34.6 Å². The summed E-state index contributed by atoms with van der Waals surface area (Å²) in [5.41, 5.74) is 1.57. The first-order valence-corrected chi connectivity index (χ1v) is 12.5. The molecule has 10 heteroatoms. The largest absolute Gasteiger partial charge is 0.508 e. The molecule has 3 aromatic rings. The average Bonchev–Trinajstić information content (AvgIpc) is 3.58. The standard InChI is InChI=1S/C27H28F2N4O4/c1-27-13-20-19-12-18(37-25(28)29)7-8-21(19)31-22(20)23(16-3-2-4-17(34)11-16)33(27)26(36)32(24(27)35)10-9-30-14-15-5-6-15/h2-4,7-8,11-12,15,23,25,30-31,34H,5-6,9-10,13-14H2,1H3. The second-order valence-electron chi connectivity index (χ2n) is 10.3. The van der Waals surface area contributed by atoms with Gasteiger partial charge in [0.05, 0.1) is 0 Å². The molecule has 2 fully saturated rings. The molecular weight excluding hydrogens is 482 g/mol. The Kier molecular flexibility index (Phi) is 5.59. The Morgan fingerprint density at radius 2 is 2.03 bits per heavy atom. The number of halogens is 2. The quantitative estimate of drug-likeness (QED) is 0.313. The molecule has 1 aliphatic carbocycles. The monoisotopic (exact) mass is 510 g/mol. The number of fused-ring (bicyclic) bond motifs is 4. The number of phenols is 1. The third kappa shape index (κ3) is 3.99. The fourth-order valence-corrected chi connectivity index (χ4v) is 5.73. The molecule has 1 saturated carbocycles. The number of nitrogens with zero attached hydrogens (tertiary/aromatic N) is 2. The van der Waals surface area contributed by atoms with Crippen molar-refractivity contribution in [1.29, 1.82) is 0 Å². The maximum absolute atomic E-state index is 13.8. The molecule has 2 unspecified atom stereocenters. The van der Waals surface area contributed by atoms with Crippen LogP contribution >= 0.6 is 0 Å². The summed E-state index contributed by atoms with van der Waals surface area (Å²) in [6, 6.07) is 10.2. The molecule has 3 aliphatic rings. The summed E-state index contributed by atoms with van der Waals surface area (Å²) in [6.45, 7) is 0.433. The summed E-state index contributed by atoms with van der Waals surface area (Å²) >= 11 is 0. The molecule has 2 aromatic carbocycles. The maximum atomic E-state index is 13.8. The van der Waals surface area contributed by atoms with Gasteiger partial charge >= 0.3 is 12.6 Å². The van der Waals surface area contributed by atoms with E-state index in [0.717, 1.165) is 12.1 Å². The third-order valence-electron chi connectivity index (χ3n) is 7.69. The third-order valence-corrected chi connectivity index (χ3v) is 7.69. The van der Waals surface area contributed by atoms with E-state index in [1.54, 1.807) is 42.2 Å². The van der Waals surface area contributed by atoms with Crippen LogP contribution < -0.4 is 10.1 Å². The molecule has 2 atom stereocenters. The van der Waals surface area contributed by atoms with E-state index in [4.69, 9.17) is 0 Å². The second kappa shape index (κ2) is 8.72. The Balaban J connectivity index is 1.43. The molecule has 0 bridgehead atoms. The van der Waals surface area contributed by atoms with Gasteiger partial charge in [-0.1, -0.05) is 12.1 Å². The highest BCUT2D eigenvalue weighted by Gasteiger charge is 2.60. The summed E-state index contributed by atoms with van der Waals surface area (Å²) in [6.07, 6.45) is 2.63. The van der Waals surface area contributed by atoms with Crippen LogP contribution in [0.25, 0.3) is 10.9 Å².